The van der Waals surface area contributed by atoms with Crippen molar-refractivity contribution in [1.82, 2.24) is 5.32 Å². The molecular formula is C15H31NO3Si. The first-order valence-corrected chi connectivity index (χ1v) is 9.89. The molecule has 0 spiro atoms. The van der Waals surface area contributed by atoms with Crippen molar-refractivity contribution in [2.75, 3.05) is 13.2 Å². The lowest BCUT2D eigenvalue weighted by molar-refractivity contribution is -0.121. The Morgan fingerprint density at radius 2 is 1.70 bits per heavy atom. The van der Waals surface area contributed by atoms with Gasteiger partial charge in [0.2, 0.25) is 5.91 Å². The zero-order chi connectivity index (χ0) is 15.8. The van der Waals surface area contributed by atoms with Crippen LogP contribution in [0.5, 0.6) is 0 Å². The minimum Gasteiger partial charge on any atom is -0.394 e. The van der Waals surface area contributed by atoms with Gasteiger partial charge in [0.15, 0.2) is 0 Å². The summed E-state index contributed by atoms with van der Waals surface area (Å²) < 4.78 is 11.6. The van der Waals surface area contributed by atoms with Gasteiger partial charge in [0.05, 0.1) is 0 Å². The van der Waals surface area contributed by atoms with Crippen molar-refractivity contribution in [2.45, 2.75) is 66.1 Å². The van der Waals surface area contributed by atoms with Crippen LogP contribution in [-0.4, -0.2) is 33.2 Å². The molecule has 0 bridgehead atoms. The fourth-order valence-corrected chi connectivity index (χ4v) is 4.18. The lowest BCUT2D eigenvalue weighted by atomic mass is 10.1. The van der Waals surface area contributed by atoms with Crippen LogP contribution in [0.25, 0.3) is 0 Å². The number of hydrogen-bond donors (Lipinski definition) is 1. The molecule has 0 aliphatic heterocycles. The number of hydrogen-bond acceptors (Lipinski definition) is 3. The molecule has 0 unspecified atom stereocenters. The van der Waals surface area contributed by atoms with Crippen LogP contribution in [0.15, 0.2) is 11.6 Å². The molecule has 0 rings (SSSR count). The molecule has 0 atom stereocenters. The van der Waals surface area contributed by atoms with E-state index in [2.05, 4.69) is 17.9 Å². The molecule has 0 saturated heterocycles. The van der Waals surface area contributed by atoms with Crippen LogP contribution in [-0.2, 0) is 13.6 Å². The Hall–Kier alpha value is -0.653. The molecule has 0 aromatic carbocycles. The fourth-order valence-electron chi connectivity index (χ4n) is 1.92. The molecular weight excluding hydrogens is 270 g/mol. The molecule has 0 radical (unpaired) electrons. The minimum atomic E-state index is -2.12. The molecule has 118 valence electrons. The first-order valence-electron chi connectivity index (χ1n) is 7.36. The molecule has 0 aliphatic carbocycles. The average molecular weight is 302 g/mol. The van der Waals surface area contributed by atoms with E-state index in [9.17, 15) is 4.79 Å². The Morgan fingerprint density at radius 1 is 1.20 bits per heavy atom. The zero-order valence-corrected chi connectivity index (χ0v) is 15.1. The summed E-state index contributed by atoms with van der Waals surface area (Å²) in [7, 11) is -2.12. The van der Waals surface area contributed by atoms with Gasteiger partial charge in [-0.15, -0.1) is 0 Å². The van der Waals surface area contributed by atoms with E-state index in [1.54, 1.807) is 0 Å². The third-order valence-corrected chi connectivity index (χ3v) is 5.42. The summed E-state index contributed by atoms with van der Waals surface area (Å²) in [6.07, 6.45) is 2.51. The molecule has 20 heavy (non-hydrogen) atoms. The fraction of sp³-hybridized carbons (Fsp3) is 0.800. The summed E-state index contributed by atoms with van der Waals surface area (Å²) in [5.74, 6) is 0.0578. The molecule has 1 N–H and O–H groups in total. The molecule has 0 saturated carbocycles. The van der Waals surface area contributed by atoms with Gasteiger partial charge in [-0.1, -0.05) is 11.6 Å². The predicted molar refractivity (Wildman–Crippen MR) is 85.9 cm³/mol. The van der Waals surface area contributed by atoms with Gasteiger partial charge in [0, 0.05) is 31.2 Å². The average Bonchev–Trinajstić information content (AvgIpc) is 2.24. The maximum atomic E-state index is 11.8. The Kier molecular flexibility index (Phi) is 8.31. The van der Waals surface area contributed by atoms with E-state index < -0.39 is 8.56 Å². The highest BCUT2D eigenvalue weighted by molar-refractivity contribution is 6.66. The van der Waals surface area contributed by atoms with Crippen molar-refractivity contribution in [3.63, 3.8) is 0 Å². The molecule has 0 aliphatic rings. The normalized spacial score (nSPS) is 13.4. The lowest BCUT2D eigenvalue weighted by Gasteiger charge is -2.25. The number of nitrogens with one attached hydrogen (secondary N) is 1. The van der Waals surface area contributed by atoms with E-state index in [4.69, 9.17) is 8.85 Å². The second kappa shape index (κ2) is 8.59. The van der Waals surface area contributed by atoms with Gasteiger partial charge >= 0.3 is 8.56 Å². The molecule has 0 aromatic heterocycles. The van der Waals surface area contributed by atoms with Gasteiger partial charge in [-0.2, -0.15) is 0 Å². The first kappa shape index (κ1) is 19.3. The molecule has 1 amide bonds. The van der Waals surface area contributed by atoms with Gasteiger partial charge in [0.1, 0.15) is 0 Å². The first-order chi connectivity index (χ1) is 9.12. The SMILES string of the molecule is CCO[Si](C)(C/C=C(\C)CC(=O)NC(C)(C)C)OCC. The number of allylic oxidation sites excluding steroid dienone is 1. The van der Waals surface area contributed by atoms with Crippen LogP contribution in [0.2, 0.25) is 12.6 Å². The van der Waals surface area contributed by atoms with E-state index in [1.165, 1.54) is 0 Å². The molecule has 0 heterocycles. The van der Waals surface area contributed by atoms with Crippen LogP contribution >= 0.6 is 0 Å². The Morgan fingerprint density at radius 3 is 2.10 bits per heavy atom. The van der Waals surface area contributed by atoms with E-state index in [1.807, 2.05) is 41.5 Å². The van der Waals surface area contributed by atoms with Crippen molar-refractivity contribution in [3.8, 4) is 0 Å². The van der Waals surface area contributed by atoms with Crippen molar-refractivity contribution >= 4 is 14.5 Å². The lowest BCUT2D eigenvalue weighted by Crippen LogP contribution is -2.40. The van der Waals surface area contributed by atoms with Crippen LogP contribution in [0.1, 0.15) is 48.0 Å². The van der Waals surface area contributed by atoms with E-state index in [0.29, 0.717) is 19.6 Å². The van der Waals surface area contributed by atoms with E-state index >= 15 is 0 Å². The topological polar surface area (TPSA) is 47.6 Å². The second-order valence-electron chi connectivity index (χ2n) is 6.23. The summed E-state index contributed by atoms with van der Waals surface area (Å²) in [4.78, 5) is 11.8. The summed E-state index contributed by atoms with van der Waals surface area (Å²) in [6.45, 7) is 15.3. The monoisotopic (exact) mass is 301 g/mol. The Balaban J connectivity index is 4.46. The Labute approximate surface area is 125 Å². The van der Waals surface area contributed by atoms with E-state index in [-0.39, 0.29) is 11.4 Å². The van der Waals surface area contributed by atoms with Gasteiger partial charge in [0.25, 0.3) is 0 Å². The third kappa shape index (κ3) is 9.28. The number of amides is 1. The van der Waals surface area contributed by atoms with Crippen molar-refractivity contribution in [3.05, 3.63) is 11.6 Å². The number of rotatable bonds is 8. The Bertz CT molecular complexity index is 329. The van der Waals surface area contributed by atoms with Gasteiger partial charge in [-0.05, 0) is 48.1 Å². The second-order valence-corrected chi connectivity index (χ2v) is 9.48. The van der Waals surface area contributed by atoms with Crippen LogP contribution in [0, 0.1) is 0 Å². The van der Waals surface area contributed by atoms with Crippen LogP contribution in [0.3, 0.4) is 0 Å². The smallest absolute Gasteiger partial charge is 0.338 e. The van der Waals surface area contributed by atoms with Gasteiger partial charge < -0.3 is 14.2 Å². The highest BCUT2D eigenvalue weighted by Crippen LogP contribution is 2.16. The summed E-state index contributed by atoms with van der Waals surface area (Å²) in [5.41, 5.74) is 0.877. The molecule has 5 heteroatoms. The van der Waals surface area contributed by atoms with Crippen LogP contribution in [0.4, 0.5) is 0 Å². The van der Waals surface area contributed by atoms with Gasteiger partial charge in [-0.3, -0.25) is 4.79 Å². The summed E-state index contributed by atoms with van der Waals surface area (Å²) in [5, 5.41) is 2.97. The molecule has 0 fully saturated rings. The molecule has 0 aromatic rings. The number of carbonyl (C=O) groups is 1. The van der Waals surface area contributed by atoms with Crippen molar-refractivity contribution in [1.29, 1.82) is 0 Å². The maximum absolute atomic E-state index is 11.8. The highest BCUT2D eigenvalue weighted by Gasteiger charge is 2.29. The largest absolute Gasteiger partial charge is 0.394 e. The zero-order valence-electron chi connectivity index (χ0n) is 14.1. The van der Waals surface area contributed by atoms with Crippen molar-refractivity contribution < 1.29 is 13.6 Å². The maximum Gasteiger partial charge on any atom is 0.338 e. The van der Waals surface area contributed by atoms with Crippen molar-refractivity contribution in [2.24, 2.45) is 0 Å². The van der Waals surface area contributed by atoms with Gasteiger partial charge in [-0.25, -0.2) is 0 Å². The quantitative estimate of drug-likeness (QED) is 0.552. The standard InChI is InChI=1S/C15H31NO3Si/c1-8-18-20(7,19-9-2)11-10-13(3)12-14(17)16-15(4,5)6/h10H,8-9,11-12H2,1-7H3,(H,16,17)/b13-10+. The van der Waals surface area contributed by atoms with Crippen LogP contribution < -0.4 is 5.32 Å². The highest BCUT2D eigenvalue weighted by atomic mass is 28.4. The summed E-state index contributed by atoms with van der Waals surface area (Å²) >= 11 is 0. The third-order valence-electron chi connectivity index (χ3n) is 2.67. The van der Waals surface area contributed by atoms with E-state index in [0.717, 1.165) is 11.6 Å². The predicted octanol–water partition coefficient (Wildman–Crippen LogP) is 3.38. The minimum absolute atomic E-state index is 0.0578. The number of carbonyl (C=O) groups excluding carboxylic acids is 1. The molecule has 4 nitrogen and oxygen atoms in total. The summed E-state index contributed by atoms with van der Waals surface area (Å²) in [6, 6.07) is 0.781.